The molecule has 1 aromatic rings. The van der Waals surface area contributed by atoms with Gasteiger partial charge in [0.2, 0.25) is 5.90 Å². The molecule has 0 aliphatic carbocycles. The van der Waals surface area contributed by atoms with Crippen molar-refractivity contribution in [3.63, 3.8) is 0 Å². The van der Waals surface area contributed by atoms with Crippen molar-refractivity contribution < 1.29 is 22.7 Å². The molecule has 0 saturated carbocycles. The SMILES string of the molecule is O=C1COC(c2ccc(C3=CCNC3)c(C(F)(F)F)c2)=NN1. The maximum atomic E-state index is 13.3. The van der Waals surface area contributed by atoms with Crippen LogP contribution in [0.3, 0.4) is 0 Å². The minimum Gasteiger partial charge on any atom is -0.466 e. The normalized spacial score (nSPS) is 18.4. The molecule has 0 fully saturated rings. The van der Waals surface area contributed by atoms with Crippen molar-refractivity contribution in [2.75, 3.05) is 19.7 Å². The molecule has 0 aromatic heterocycles. The number of hydrogen-bond acceptors (Lipinski definition) is 4. The number of hydrazone groups is 1. The van der Waals surface area contributed by atoms with E-state index in [1.807, 2.05) is 0 Å². The van der Waals surface area contributed by atoms with Gasteiger partial charge in [-0.15, -0.1) is 5.10 Å². The minimum absolute atomic E-state index is 0.0322. The molecule has 0 radical (unpaired) electrons. The van der Waals surface area contributed by atoms with E-state index in [0.717, 1.165) is 6.07 Å². The topological polar surface area (TPSA) is 62.7 Å². The standard InChI is InChI=1S/C14H12F3N3O2/c15-14(16,17)11-5-8(13-20-19-12(21)7-22-13)1-2-10(11)9-3-4-18-6-9/h1-3,5,18H,4,6-7H2,(H,19,21). The fourth-order valence-electron chi connectivity index (χ4n) is 2.33. The number of nitrogens with one attached hydrogen (secondary N) is 2. The number of rotatable bonds is 2. The van der Waals surface area contributed by atoms with Crippen molar-refractivity contribution >= 4 is 17.4 Å². The molecule has 2 aliphatic heterocycles. The van der Waals surface area contributed by atoms with Gasteiger partial charge in [0, 0.05) is 18.7 Å². The predicted molar refractivity (Wildman–Crippen MR) is 72.9 cm³/mol. The van der Waals surface area contributed by atoms with Gasteiger partial charge >= 0.3 is 6.18 Å². The van der Waals surface area contributed by atoms with Gasteiger partial charge in [0.05, 0.1) is 5.56 Å². The van der Waals surface area contributed by atoms with Gasteiger partial charge in [-0.05, 0) is 23.3 Å². The van der Waals surface area contributed by atoms with E-state index in [2.05, 4.69) is 15.8 Å². The number of amides is 1. The fraction of sp³-hybridized carbons (Fsp3) is 0.286. The molecule has 0 spiro atoms. The van der Waals surface area contributed by atoms with Crippen LogP contribution in [0.2, 0.25) is 0 Å². The van der Waals surface area contributed by atoms with E-state index in [1.54, 1.807) is 6.08 Å². The van der Waals surface area contributed by atoms with E-state index in [0.29, 0.717) is 18.7 Å². The molecular formula is C14H12F3N3O2. The Balaban J connectivity index is 2.03. The van der Waals surface area contributed by atoms with Crippen molar-refractivity contribution in [2.24, 2.45) is 5.10 Å². The summed E-state index contributed by atoms with van der Waals surface area (Å²) in [5.74, 6) is -0.478. The number of hydrogen-bond donors (Lipinski definition) is 2. The summed E-state index contributed by atoms with van der Waals surface area (Å²) in [5.41, 5.74) is 2.35. The maximum Gasteiger partial charge on any atom is 0.417 e. The first kappa shape index (κ1) is 14.6. The summed E-state index contributed by atoms with van der Waals surface area (Å²) in [6.45, 7) is 0.684. The maximum absolute atomic E-state index is 13.3. The molecule has 116 valence electrons. The van der Waals surface area contributed by atoms with Crippen LogP contribution in [-0.2, 0) is 15.7 Å². The van der Waals surface area contributed by atoms with Crippen LogP contribution in [0.5, 0.6) is 0 Å². The number of ether oxygens (including phenoxy) is 1. The highest BCUT2D eigenvalue weighted by Gasteiger charge is 2.35. The van der Waals surface area contributed by atoms with Crippen LogP contribution in [0.4, 0.5) is 13.2 Å². The lowest BCUT2D eigenvalue weighted by molar-refractivity contribution is -0.137. The Bertz CT molecular complexity index is 680. The summed E-state index contributed by atoms with van der Waals surface area (Å²) >= 11 is 0. The van der Waals surface area contributed by atoms with Crippen LogP contribution >= 0.6 is 0 Å². The van der Waals surface area contributed by atoms with Crippen molar-refractivity contribution in [2.45, 2.75) is 6.18 Å². The molecule has 0 atom stereocenters. The number of carbonyl (C=O) groups is 1. The van der Waals surface area contributed by atoms with Gasteiger partial charge in [0.15, 0.2) is 6.61 Å². The summed E-state index contributed by atoms with van der Waals surface area (Å²) in [6, 6.07) is 3.89. The molecule has 2 heterocycles. The quantitative estimate of drug-likeness (QED) is 0.870. The minimum atomic E-state index is -4.49. The van der Waals surface area contributed by atoms with Gasteiger partial charge in [-0.3, -0.25) is 4.79 Å². The second kappa shape index (κ2) is 5.45. The van der Waals surface area contributed by atoms with Gasteiger partial charge in [-0.2, -0.15) is 13.2 Å². The zero-order valence-corrected chi connectivity index (χ0v) is 11.3. The number of carbonyl (C=O) groups excluding carboxylic acids is 1. The fourth-order valence-corrected chi connectivity index (χ4v) is 2.33. The highest BCUT2D eigenvalue weighted by Crippen LogP contribution is 2.36. The third kappa shape index (κ3) is 2.82. The Labute approximate surface area is 123 Å². The summed E-state index contributed by atoms with van der Waals surface area (Å²) in [4.78, 5) is 11.0. The number of nitrogens with zero attached hydrogens (tertiary/aromatic N) is 1. The molecule has 1 aromatic carbocycles. The van der Waals surface area contributed by atoms with Gasteiger partial charge in [-0.25, -0.2) is 5.43 Å². The van der Waals surface area contributed by atoms with Gasteiger partial charge in [0.25, 0.3) is 5.91 Å². The summed E-state index contributed by atoms with van der Waals surface area (Å²) in [6.07, 6.45) is -2.76. The predicted octanol–water partition coefficient (Wildman–Crippen LogP) is 1.50. The molecule has 0 saturated heterocycles. The van der Waals surface area contributed by atoms with Crippen molar-refractivity contribution in [3.8, 4) is 0 Å². The first-order chi connectivity index (χ1) is 10.4. The molecule has 5 nitrogen and oxygen atoms in total. The third-order valence-electron chi connectivity index (χ3n) is 3.35. The Hall–Kier alpha value is -2.35. The van der Waals surface area contributed by atoms with E-state index in [9.17, 15) is 18.0 Å². The smallest absolute Gasteiger partial charge is 0.417 e. The lowest BCUT2D eigenvalue weighted by Gasteiger charge is -2.18. The van der Waals surface area contributed by atoms with Gasteiger partial charge < -0.3 is 10.1 Å². The third-order valence-corrected chi connectivity index (χ3v) is 3.35. The Morgan fingerprint density at radius 2 is 2.09 bits per heavy atom. The Morgan fingerprint density at radius 3 is 2.68 bits per heavy atom. The molecule has 2 aliphatic rings. The Morgan fingerprint density at radius 1 is 1.27 bits per heavy atom. The largest absolute Gasteiger partial charge is 0.466 e. The molecule has 3 rings (SSSR count). The van der Waals surface area contributed by atoms with Crippen LogP contribution in [0.15, 0.2) is 29.4 Å². The van der Waals surface area contributed by atoms with Gasteiger partial charge in [-0.1, -0.05) is 12.1 Å². The molecule has 1 amide bonds. The monoisotopic (exact) mass is 311 g/mol. The van der Waals surface area contributed by atoms with Crippen LogP contribution < -0.4 is 10.7 Å². The average molecular weight is 311 g/mol. The lowest BCUT2D eigenvalue weighted by atomic mass is 9.97. The molecular weight excluding hydrogens is 299 g/mol. The average Bonchev–Trinajstić information content (AvgIpc) is 3.01. The van der Waals surface area contributed by atoms with Crippen LogP contribution in [0.25, 0.3) is 5.57 Å². The number of benzene rings is 1. The second-order valence-electron chi connectivity index (χ2n) is 4.86. The van der Waals surface area contributed by atoms with E-state index >= 15 is 0 Å². The van der Waals surface area contributed by atoms with E-state index in [-0.39, 0.29) is 23.6 Å². The molecule has 8 heteroatoms. The first-order valence-electron chi connectivity index (χ1n) is 6.56. The highest BCUT2D eigenvalue weighted by atomic mass is 19.4. The van der Waals surface area contributed by atoms with Crippen molar-refractivity contribution in [1.29, 1.82) is 0 Å². The lowest BCUT2D eigenvalue weighted by Crippen LogP contribution is -2.32. The number of alkyl halides is 3. The number of halogens is 3. The zero-order chi connectivity index (χ0) is 15.7. The van der Waals surface area contributed by atoms with E-state index in [1.165, 1.54) is 12.1 Å². The first-order valence-corrected chi connectivity index (χ1v) is 6.56. The second-order valence-corrected chi connectivity index (χ2v) is 4.86. The molecule has 22 heavy (non-hydrogen) atoms. The van der Waals surface area contributed by atoms with Crippen LogP contribution in [-0.4, -0.2) is 31.5 Å². The molecule has 0 unspecified atom stereocenters. The summed E-state index contributed by atoms with van der Waals surface area (Å²) in [5, 5.41) is 6.61. The summed E-state index contributed by atoms with van der Waals surface area (Å²) in [7, 11) is 0. The van der Waals surface area contributed by atoms with E-state index < -0.39 is 17.6 Å². The molecule has 2 N–H and O–H groups in total. The van der Waals surface area contributed by atoms with Crippen LogP contribution in [0, 0.1) is 0 Å². The van der Waals surface area contributed by atoms with Crippen LogP contribution in [0.1, 0.15) is 16.7 Å². The van der Waals surface area contributed by atoms with Gasteiger partial charge in [0.1, 0.15) is 0 Å². The highest BCUT2D eigenvalue weighted by molar-refractivity contribution is 5.98. The summed E-state index contributed by atoms with van der Waals surface area (Å²) < 4.78 is 45.0. The van der Waals surface area contributed by atoms with Crippen molar-refractivity contribution in [1.82, 2.24) is 10.7 Å². The van der Waals surface area contributed by atoms with E-state index in [4.69, 9.17) is 4.74 Å². The molecule has 0 bridgehead atoms. The Kier molecular flexibility index (Phi) is 3.61. The van der Waals surface area contributed by atoms with Crippen molar-refractivity contribution in [3.05, 3.63) is 41.0 Å². The zero-order valence-electron chi connectivity index (χ0n) is 11.3.